The molecule has 2 aliphatic heterocycles. The molecular formula is C27H28F3N5O4. The van der Waals surface area contributed by atoms with Crippen LogP contribution in [0.25, 0.3) is 6.08 Å². The van der Waals surface area contributed by atoms with Crippen molar-refractivity contribution in [1.82, 2.24) is 14.5 Å². The molecule has 1 atom stereocenters. The molecule has 12 heteroatoms. The van der Waals surface area contributed by atoms with Gasteiger partial charge in [0.15, 0.2) is 5.60 Å². The highest BCUT2D eigenvalue weighted by Gasteiger charge is 2.41. The fourth-order valence-electron chi connectivity index (χ4n) is 4.66. The maximum Gasteiger partial charge on any atom is 0.416 e. The topological polar surface area (TPSA) is 85.9 Å². The first-order chi connectivity index (χ1) is 18.6. The number of hydrogen-bond acceptors (Lipinski definition) is 7. The monoisotopic (exact) mass is 543 g/mol. The minimum absolute atomic E-state index is 0.220. The molecule has 3 heterocycles. The highest BCUT2D eigenvalue weighted by atomic mass is 19.4. The maximum atomic E-state index is 12.7. The molecule has 9 nitrogen and oxygen atoms in total. The van der Waals surface area contributed by atoms with Gasteiger partial charge in [0.25, 0.3) is 0 Å². The van der Waals surface area contributed by atoms with Crippen molar-refractivity contribution in [1.29, 1.82) is 0 Å². The van der Waals surface area contributed by atoms with E-state index in [1.165, 1.54) is 18.3 Å². The summed E-state index contributed by atoms with van der Waals surface area (Å²) in [6, 6.07) is 13.2. The van der Waals surface area contributed by atoms with Crippen molar-refractivity contribution in [3.8, 4) is 11.8 Å². The number of fused-ring (bicyclic) bond motifs is 1. The van der Waals surface area contributed by atoms with Gasteiger partial charge in [-0.05, 0) is 53.8 Å². The van der Waals surface area contributed by atoms with Gasteiger partial charge in [0.2, 0.25) is 0 Å². The Bertz CT molecular complexity index is 1310. The third kappa shape index (κ3) is 6.33. The standard InChI is InChI=1S/C27H28F3N5O4/c1-26(18-34-17-24(35(36)37)31-25(34)39-26)19-38-23-10-8-22(9-11-23)33-15-13-32(14-16-33)12-2-3-20-4-6-21(7-5-20)27(28,29)30/h2-11,17H,12-16,18-19H2,1H3/b3-2+/t26-/m1/s1. The Kier molecular flexibility index (Phi) is 7.21. The van der Waals surface area contributed by atoms with E-state index in [0.29, 0.717) is 12.3 Å². The van der Waals surface area contributed by atoms with E-state index in [2.05, 4.69) is 14.8 Å². The van der Waals surface area contributed by atoms with E-state index in [-0.39, 0.29) is 18.4 Å². The molecule has 0 N–H and O–H groups in total. The van der Waals surface area contributed by atoms with E-state index in [1.807, 2.05) is 43.3 Å². The molecule has 0 bridgehead atoms. The minimum atomic E-state index is -4.32. The number of piperazine rings is 1. The first-order valence-electron chi connectivity index (χ1n) is 12.5. The van der Waals surface area contributed by atoms with E-state index >= 15 is 0 Å². The van der Waals surface area contributed by atoms with Gasteiger partial charge in [-0.2, -0.15) is 13.2 Å². The van der Waals surface area contributed by atoms with E-state index in [4.69, 9.17) is 9.47 Å². The molecule has 1 saturated heterocycles. The van der Waals surface area contributed by atoms with Gasteiger partial charge >= 0.3 is 18.0 Å². The summed E-state index contributed by atoms with van der Waals surface area (Å²) in [7, 11) is 0. The maximum absolute atomic E-state index is 12.7. The van der Waals surface area contributed by atoms with Gasteiger partial charge in [0.1, 0.15) is 18.6 Å². The van der Waals surface area contributed by atoms with Gasteiger partial charge in [-0.15, -0.1) is 0 Å². The van der Waals surface area contributed by atoms with Crippen LogP contribution in [0.5, 0.6) is 11.8 Å². The van der Waals surface area contributed by atoms with Crippen molar-refractivity contribution in [2.45, 2.75) is 25.2 Å². The predicted octanol–water partition coefficient (Wildman–Crippen LogP) is 4.88. The molecule has 0 radical (unpaired) electrons. The number of alkyl halides is 3. The summed E-state index contributed by atoms with van der Waals surface area (Å²) < 4.78 is 51.5. The van der Waals surface area contributed by atoms with Crippen molar-refractivity contribution in [3.63, 3.8) is 0 Å². The Morgan fingerprint density at radius 1 is 1.10 bits per heavy atom. The summed E-state index contributed by atoms with van der Waals surface area (Å²) >= 11 is 0. The molecule has 0 amide bonds. The number of benzene rings is 2. The Labute approximate surface area is 223 Å². The number of nitrogens with zero attached hydrogens (tertiary/aromatic N) is 5. The second-order valence-corrected chi connectivity index (χ2v) is 9.91. The summed E-state index contributed by atoms with van der Waals surface area (Å²) in [5, 5.41) is 10.9. The summed E-state index contributed by atoms with van der Waals surface area (Å²) in [6.07, 6.45) is 0.872. The van der Waals surface area contributed by atoms with Crippen LogP contribution in [-0.4, -0.2) is 64.3 Å². The number of rotatable bonds is 8. The number of anilines is 1. The number of halogens is 3. The molecule has 0 unspecified atom stereocenters. The van der Waals surface area contributed by atoms with E-state index in [1.54, 1.807) is 4.57 Å². The van der Waals surface area contributed by atoms with Crippen LogP contribution < -0.4 is 14.4 Å². The molecule has 2 aliphatic rings. The number of hydrogen-bond donors (Lipinski definition) is 0. The van der Waals surface area contributed by atoms with Crippen LogP contribution in [0.15, 0.2) is 60.8 Å². The number of aromatic nitrogens is 2. The Balaban J connectivity index is 1.05. The highest BCUT2D eigenvalue weighted by molar-refractivity contribution is 5.51. The van der Waals surface area contributed by atoms with Crippen LogP contribution in [0.3, 0.4) is 0 Å². The van der Waals surface area contributed by atoms with Gasteiger partial charge in [0, 0.05) is 43.4 Å². The summed E-state index contributed by atoms with van der Waals surface area (Å²) in [5.41, 5.74) is 0.523. The molecular weight excluding hydrogens is 515 g/mol. The van der Waals surface area contributed by atoms with Crippen molar-refractivity contribution in [2.75, 3.05) is 44.2 Å². The number of nitro groups is 1. The van der Waals surface area contributed by atoms with Gasteiger partial charge in [-0.3, -0.25) is 9.47 Å². The molecule has 1 aromatic heterocycles. The van der Waals surface area contributed by atoms with E-state index in [9.17, 15) is 23.3 Å². The summed E-state index contributed by atoms with van der Waals surface area (Å²) in [5.74, 6) is 0.463. The lowest BCUT2D eigenvalue weighted by molar-refractivity contribution is -0.389. The van der Waals surface area contributed by atoms with E-state index in [0.717, 1.165) is 56.1 Å². The van der Waals surface area contributed by atoms with Crippen molar-refractivity contribution < 1.29 is 27.6 Å². The predicted molar refractivity (Wildman–Crippen MR) is 139 cm³/mol. The van der Waals surface area contributed by atoms with E-state index < -0.39 is 22.3 Å². The largest absolute Gasteiger partial charge is 0.489 e. The lowest BCUT2D eigenvalue weighted by Crippen LogP contribution is -2.46. The fraction of sp³-hybridized carbons (Fsp3) is 0.370. The fourth-order valence-corrected chi connectivity index (χ4v) is 4.66. The second kappa shape index (κ2) is 10.6. The van der Waals surface area contributed by atoms with Crippen LogP contribution >= 0.6 is 0 Å². The van der Waals surface area contributed by atoms with Crippen LogP contribution in [0.4, 0.5) is 24.7 Å². The Morgan fingerprint density at radius 2 is 1.79 bits per heavy atom. The van der Waals surface area contributed by atoms with Gasteiger partial charge in [0.05, 0.1) is 12.1 Å². The SMILES string of the molecule is C[C@]1(COc2ccc(N3CCN(C/C=C/c4ccc(C(F)(F)F)cc4)CC3)cc2)Cn2cc([N+](=O)[O-])nc2O1. The minimum Gasteiger partial charge on any atom is -0.489 e. The summed E-state index contributed by atoms with van der Waals surface area (Å²) in [4.78, 5) is 18.8. The van der Waals surface area contributed by atoms with Gasteiger partial charge in [-0.25, -0.2) is 0 Å². The molecule has 5 rings (SSSR count). The average molecular weight is 544 g/mol. The summed E-state index contributed by atoms with van der Waals surface area (Å²) in [6.45, 7) is 6.75. The van der Waals surface area contributed by atoms with Crippen LogP contribution in [0.1, 0.15) is 18.1 Å². The lowest BCUT2D eigenvalue weighted by atomic mass is 10.1. The first-order valence-corrected chi connectivity index (χ1v) is 12.5. The number of imidazole rings is 1. The van der Waals surface area contributed by atoms with Crippen molar-refractivity contribution in [2.24, 2.45) is 0 Å². The molecule has 1 fully saturated rings. The molecule has 39 heavy (non-hydrogen) atoms. The van der Waals surface area contributed by atoms with Gasteiger partial charge < -0.3 is 24.5 Å². The van der Waals surface area contributed by atoms with Crippen molar-refractivity contribution >= 4 is 17.6 Å². The zero-order valence-electron chi connectivity index (χ0n) is 21.3. The number of ether oxygens (including phenoxy) is 2. The Hall–Kier alpha value is -4.06. The molecule has 0 aliphatic carbocycles. The average Bonchev–Trinajstić information content (AvgIpc) is 3.44. The van der Waals surface area contributed by atoms with Crippen LogP contribution in [0, 0.1) is 10.1 Å². The second-order valence-electron chi connectivity index (χ2n) is 9.91. The van der Waals surface area contributed by atoms with Crippen molar-refractivity contribution in [3.05, 3.63) is 82.0 Å². The van der Waals surface area contributed by atoms with Crippen LogP contribution in [0.2, 0.25) is 0 Å². The first kappa shape index (κ1) is 26.5. The normalized spacial score (nSPS) is 19.7. The highest BCUT2D eigenvalue weighted by Crippen LogP contribution is 2.32. The molecule has 2 aromatic carbocycles. The quantitative estimate of drug-likeness (QED) is 0.296. The molecule has 206 valence electrons. The zero-order valence-corrected chi connectivity index (χ0v) is 21.3. The third-order valence-corrected chi connectivity index (χ3v) is 6.79. The molecule has 0 saturated carbocycles. The molecule has 0 spiro atoms. The molecule has 3 aromatic rings. The Morgan fingerprint density at radius 3 is 2.41 bits per heavy atom. The smallest absolute Gasteiger partial charge is 0.416 e. The zero-order chi connectivity index (χ0) is 27.6. The van der Waals surface area contributed by atoms with Crippen LogP contribution in [-0.2, 0) is 12.7 Å². The third-order valence-electron chi connectivity index (χ3n) is 6.79. The lowest BCUT2D eigenvalue weighted by Gasteiger charge is -2.35. The van der Waals surface area contributed by atoms with Gasteiger partial charge in [-0.1, -0.05) is 24.3 Å².